The molecular weight excluding hydrogens is 284 g/mol. The van der Waals surface area contributed by atoms with E-state index in [2.05, 4.69) is 76.1 Å². The molecule has 1 aliphatic carbocycles. The third-order valence-corrected chi connectivity index (χ3v) is 5.88. The van der Waals surface area contributed by atoms with Crippen molar-refractivity contribution in [3.05, 3.63) is 56.8 Å². The van der Waals surface area contributed by atoms with Gasteiger partial charge in [0.05, 0.1) is 4.88 Å². The molecule has 1 heterocycles. The summed E-state index contributed by atoms with van der Waals surface area (Å²) in [6.07, 6.45) is 2.50. The highest BCUT2D eigenvalue weighted by Crippen LogP contribution is 2.45. The summed E-state index contributed by atoms with van der Waals surface area (Å²) in [6, 6.07) is 8.97. The van der Waals surface area contributed by atoms with Gasteiger partial charge in [-0.2, -0.15) is 0 Å². The van der Waals surface area contributed by atoms with Crippen molar-refractivity contribution in [1.29, 1.82) is 0 Å². The molecule has 0 radical (unpaired) electrons. The first-order valence-electron chi connectivity index (χ1n) is 8.00. The summed E-state index contributed by atoms with van der Waals surface area (Å²) in [7, 11) is 0. The highest BCUT2D eigenvalue weighted by Gasteiger charge is 2.36. The fourth-order valence-electron chi connectivity index (χ4n) is 3.30. The first-order valence-corrected chi connectivity index (χ1v) is 8.88. The van der Waals surface area contributed by atoms with E-state index in [1.165, 1.54) is 29.5 Å². The van der Waals surface area contributed by atoms with Gasteiger partial charge in [0.1, 0.15) is 0 Å². The molecule has 2 aromatic rings. The van der Waals surface area contributed by atoms with Crippen molar-refractivity contribution in [2.45, 2.75) is 58.3 Å². The Morgan fingerprint density at radius 2 is 1.59 bits per heavy atom. The number of benzene rings is 1. The molecule has 3 rings (SSSR count). The van der Waals surface area contributed by atoms with Crippen LogP contribution in [-0.4, -0.2) is 0 Å². The number of hydrogen-bond donors (Lipinski definition) is 0. The van der Waals surface area contributed by atoms with Crippen LogP contribution in [0.3, 0.4) is 0 Å². The molecule has 0 nitrogen and oxygen atoms in total. The molecule has 1 aromatic carbocycles. The molecule has 0 spiro atoms. The Balaban J connectivity index is 2.01. The second kappa shape index (κ2) is 5.28. The van der Waals surface area contributed by atoms with Crippen LogP contribution in [0.5, 0.6) is 0 Å². The van der Waals surface area contributed by atoms with E-state index >= 15 is 0 Å². The normalized spacial score (nSPS) is 18.2. The predicted molar refractivity (Wildman–Crippen MR) is 96.8 cm³/mol. The number of rotatable bonds is 0. The Hall–Kier alpha value is -1.52. The minimum atomic E-state index is 0.252. The fourth-order valence-corrected chi connectivity index (χ4v) is 4.04. The predicted octanol–water partition coefficient (Wildman–Crippen LogP) is 5.81. The van der Waals surface area contributed by atoms with Gasteiger partial charge >= 0.3 is 0 Å². The molecule has 22 heavy (non-hydrogen) atoms. The summed E-state index contributed by atoms with van der Waals surface area (Å²) in [5.74, 6) is 6.66. The van der Waals surface area contributed by atoms with Crippen molar-refractivity contribution < 1.29 is 0 Å². The fraction of sp³-hybridized carbons (Fsp3) is 0.429. The van der Waals surface area contributed by atoms with E-state index in [4.69, 9.17) is 0 Å². The Morgan fingerprint density at radius 1 is 0.909 bits per heavy atom. The van der Waals surface area contributed by atoms with Gasteiger partial charge in [-0.05, 0) is 70.9 Å². The zero-order chi connectivity index (χ0) is 16.0. The molecule has 0 saturated carbocycles. The van der Waals surface area contributed by atoms with Crippen LogP contribution >= 0.6 is 11.3 Å². The Bertz CT molecular complexity index is 763. The second-order valence-corrected chi connectivity index (χ2v) is 8.68. The zero-order valence-electron chi connectivity index (χ0n) is 14.2. The topological polar surface area (TPSA) is 0 Å². The molecule has 1 aliphatic rings. The molecular formula is C21H24S. The van der Waals surface area contributed by atoms with Crippen LogP contribution in [0.4, 0.5) is 0 Å². The van der Waals surface area contributed by atoms with Gasteiger partial charge < -0.3 is 0 Å². The third-order valence-electron chi connectivity index (χ3n) is 4.91. The SMILES string of the molecule is Cc1csc(C#Cc2ccc3c(c2)C(C)(C)CCC3(C)C)c1. The summed E-state index contributed by atoms with van der Waals surface area (Å²) < 4.78 is 0. The largest absolute Gasteiger partial charge is 0.135 e. The highest BCUT2D eigenvalue weighted by atomic mass is 32.1. The first kappa shape index (κ1) is 15.4. The molecule has 0 amide bonds. The van der Waals surface area contributed by atoms with E-state index in [1.807, 2.05) is 0 Å². The van der Waals surface area contributed by atoms with Crippen molar-refractivity contribution in [2.75, 3.05) is 0 Å². The number of thiophene rings is 1. The van der Waals surface area contributed by atoms with Crippen molar-refractivity contribution in [3.63, 3.8) is 0 Å². The maximum absolute atomic E-state index is 3.35. The van der Waals surface area contributed by atoms with Crippen LogP contribution in [0.25, 0.3) is 0 Å². The molecule has 1 heteroatoms. The van der Waals surface area contributed by atoms with E-state index in [9.17, 15) is 0 Å². The van der Waals surface area contributed by atoms with Crippen molar-refractivity contribution >= 4 is 11.3 Å². The molecule has 1 aromatic heterocycles. The summed E-state index contributed by atoms with van der Waals surface area (Å²) in [4.78, 5) is 1.15. The lowest BCUT2D eigenvalue weighted by molar-refractivity contribution is 0.332. The van der Waals surface area contributed by atoms with Crippen LogP contribution in [0.1, 0.15) is 67.7 Å². The van der Waals surface area contributed by atoms with Crippen molar-refractivity contribution in [2.24, 2.45) is 0 Å². The maximum Gasteiger partial charge on any atom is 0.0774 e. The zero-order valence-corrected chi connectivity index (χ0v) is 15.0. The summed E-state index contributed by atoms with van der Waals surface area (Å²) in [6.45, 7) is 11.6. The average Bonchev–Trinajstić information content (AvgIpc) is 2.87. The number of hydrogen-bond acceptors (Lipinski definition) is 1. The van der Waals surface area contributed by atoms with Gasteiger partial charge in [-0.25, -0.2) is 0 Å². The molecule has 114 valence electrons. The minimum Gasteiger partial charge on any atom is -0.135 e. The minimum absolute atomic E-state index is 0.252. The van der Waals surface area contributed by atoms with Gasteiger partial charge in [0, 0.05) is 5.56 Å². The van der Waals surface area contributed by atoms with Gasteiger partial charge in [0.25, 0.3) is 0 Å². The van der Waals surface area contributed by atoms with Gasteiger partial charge in [-0.15, -0.1) is 11.3 Å². The number of fused-ring (bicyclic) bond motifs is 1. The number of aryl methyl sites for hydroxylation is 1. The Morgan fingerprint density at radius 3 is 2.23 bits per heavy atom. The van der Waals surface area contributed by atoms with Gasteiger partial charge in [-0.1, -0.05) is 45.6 Å². The molecule has 0 saturated heterocycles. The third kappa shape index (κ3) is 2.85. The average molecular weight is 308 g/mol. The van der Waals surface area contributed by atoms with Crippen LogP contribution in [0.15, 0.2) is 29.6 Å². The lowest BCUT2D eigenvalue weighted by Gasteiger charge is -2.41. The highest BCUT2D eigenvalue weighted by molar-refractivity contribution is 7.10. The van der Waals surface area contributed by atoms with E-state index in [0.717, 1.165) is 10.4 Å². The molecule has 0 unspecified atom stereocenters. The van der Waals surface area contributed by atoms with Crippen LogP contribution in [0.2, 0.25) is 0 Å². The maximum atomic E-state index is 3.35. The van der Waals surface area contributed by atoms with Crippen LogP contribution in [-0.2, 0) is 10.8 Å². The second-order valence-electron chi connectivity index (χ2n) is 7.77. The van der Waals surface area contributed by atoms with Crippen molar-refractivity contribution in [3.8, 4) is 11.8 Å². The van der Waals surface area contributed by atoms with E-state index < -0.39 is 0 Å². The van der Waals surface area contributed by atoms with E-state index in [-0.39, 0.29) is 10.8 Å². The lowest BCUT2D eigenvalue weighted by atomic mass is 9.63. The van der Waals surface area contributed by atoms with Gasteiger partial charge in [-0.3, -0.25) is 0 Å². The summed E-state index contributed by atoms with van der Waals surface area (Å²) in [5, 5.41) is 2.16. The molecule has 0 N–H and O–H groups in total. The van der Waals surface area contributed by atoms with E-state index in [0.29, 0.717) is 0 Å². The smallest absolute Gasteiger partial charge is 0.0774 e. The first-order chi connectivity index (χ1) is 10.3. The Labute approximate surface area is 138 Å². The van der Waals surface area contributed by atoms with Crippen LogP contribution < -0.4 is 0 Å². The molecule has 0 bridgehead atoms. The standard InChI is InChI=1S/C21H24S/c1-15-12-17(22-14-15)8-6-16-7-9-18-19(13-16)21(4,5)11-10-20(18,2)3/h7,9,12-14H,10-11H2,1-5H3. The molecule has 0 fully saturated rings. The molecule has 0 atom stereocenters. The van der Waals surface area contributed by atoms with E-state index in [1.54, 1.807) is 11.3 Å². The quantitative estimate of drug-likeness (QED) is 0.539. The molecule has 0 aliphatic heterocycles. The van der Waals surface area contributed by atoms with Gasteiger partial charge in [0.2, 0.25) is 0 Å². The summed E-state index contributed by atoms with van der Waals surface area (Å²) in [5.41, 5.74) is 5.95. The van der Waals surface area contributed by atoms with Crippen molar-refractivity contribution in [1.82, 2.24) is 0 Å². The lowest BCUT2D eigenvalue weighted by Crippen LogP contribution is -2.33. The monoisotopic (exact) mass is 308 g/mol. The van der Waals surface area contributed by atoms with Gasteiger partial charge in [0.15, 0.2) is 0 Å². The van der Waals surface area contributed by atoms with Crippen LogP contribution in [0, 0.1) is 18.8 Å². The Kier molecular flexibility index (Phi) is 3.69. The summed E-state index contributed by atoms with van der Waals surface area (Å²) >= 11 is 1.72.